The number of alkyl halides is 3. The van der Waals surface area contributed by atoms with Gasteiger partial charge < -0.3 is 4.98 Å². The second kappa shape index (κ2) is 5.59. The number of aromatic nitrogens is 1. The molecule has 4 nitrogen and oxygen atoms in total. The molecule has 0 fully saturated rings. The molecule has 0 radical (unpaired) electrons. The van der Waals surface area contributed by atoms with Gasteiger partial charge in [0, 0.05) is 17.0 Å². The van der Waals surface area contributed by atoms with E-state index in [-0.39, 0.29) is 16.8 Å². The first kappa shape index (κ1) is 16.1. The molecule has 0 aliphatic heterocycles. The van der Waals surface area contributed by atoms with Gasteiger partial charge in [-0.1, -0.05) is 36.4 Å². The quantitative estimate of drug-likeness (QED) is 0.358. The average Bonchev–Trinajstić information content (AvgIpc) is 2.98. The van der Waals surface area contributed by atoms with Crippen LogP contribution < -0.4 is 0 Å². The number of hydrogen-bond donors (Lipinski definition) is 1. The van der Waals surface area contributed by atoms with E-state index in [1.807, 2.05) is 0 Å². The van der Waals surface area contributed by atoms with Gasteiger partial charge in [0.2, 0.25) is 0 Å². The van der Waals surface area contributed by atoms with Crippen LogP contribution in [-0.4, -0.2) is 9.91 Å². The van der Waals surface area contributed by atoms with Crippen LogP contribution in [0.25, 0.3) is 32.9 Å². The molecule has 26 heavy (non-hydrogen) atoms. The number of non-ortho nitro benzene ring substituents is 1. The number of nitro benzene ring substituents is 1. The van der Waals surface area contributed by atoms with Gasteiger partial charge >= 0.3 is 6.18 Å². The summed E-state index contributed by atoms with van der Waals surface area (Å²) in [5.74, 6) is 0. The van der Waals surface area contributed by atoms with Crippen LogP contribution in [0.1, 0.15) is 5.56 Å². The van der Waals surface area contributed by atoms with Gasteiger partial charge in [-0.15, -0.1) is 0 Å². The Labute approximate surface area is 145 Å². The normalized spacial score (nSPS) is 12.0. The van der Waals surface area contributed by atoms with Gasteiger partial charge in [0.05, 0.1) is 21.4 Å². The van der Waals surface area contributed by atoms with Crippen LogP contribution in [-0.2, 0) is 6.18 Å². The highest BCUT2D eigenvalue weighted by Crippen LogP contribution is 2.41. The smallest absolute Gasteiger partial charge is 0.354 e. The molecule has 0 aliphatic carbocycles. The summed E-state index contributed by atoms with van der Waals surface area (Å²) in [4.78, 5) is 14.1. The van der Waals surface area contributed by atoms with E-state index in [4.69, 9.17) is 0 Å². The SMILES string of the molecule is O=[N+]([O-])c1cc(-c2ccccc2C(F)(F)F)cc2[nH]c3ccccc3c12. The third-order valence-electron chi connectivity index (χ3n) is 4.32. The predicted octanol–water partition coefficient (Wildman–Crippen LogP) is 5.92. The third kappa shape index (κ3) is 2.48. The number of nitro groups is 1. The Bertz CT molecular complexity index is 1160. The lowest BCUT2D eigenvalue weighted by molar-refractivity contribution is -0.382. The van der Waals surface area contributed by atoms with Gasteiger partial charge in [-0.3, -0.25) is 10.1 Å². The zero-order valence-corrected chi connectivity index (χ0v) is 13.2. The van der Waals surface area contributed by atoms with Crippen molar-refractivity contribution >= 4 is 27.5 Å². The van der Waals surface area contributed by atoms with Gasteiger partial charge in [0.25, 0.3) is 5.69 Å². The number of halogens is 3. The first-order valence-corrected chi connectivity index (χ1v) is 7.72. The number of para-hydroxylation sites is 1. The molecule has 0 spiro atoms. The Hall–Kier alpha value is -3.35. The second-order valence-electron chi connectivity index (χ2n) is 5.89. The number of benzene rings is 3. The van der Waals surface area contributed by atoms with Crippen molar-refractivity contribution in [3.8, 4) is 11.1 Å². The number of aromatic amines is 1. The third-order valence-corrected chi connectivity index (χ3v) is 4.32. The average molecular weight is 356 g/mol. The van der Waals surface area contributed by atoms with Crippen molar-refractivity contribution in [3.05, 3.63) is 76.3 Å². The van der Waals surface area contributed by atoms with Gasteiger partial charge in [0.1, 0.15) is 0 Å². The molecular formula is C19H11F3N2O2. The highest BCUT2D eigenvalue weighted by atomic mass is 19.4. The van der Waals surface area contributed by atoms with Crippen LogP contribution in [0.2, 0.25) is 0 Å². The fraction of sp³-hybridized carbons (Fsp3) is 0.0526. The van der Waals surface area contributed by atoms with E-state index in [2.05, 4.69) is 4.98 Å². The van der Waals surface area contributed by atoms with Crippen LogP contribution in [0, 0.1) is 10.1 Å². The minimum Gasteiger partial charge on any atom is -0.354 e. The van der Waals surface area contributed by atoms with Gasteiger partial charge in [-0.2, -0.15) is 13.2 Å². The standard InChI is InChI=1S/C19H11F3N2O2/c20-19(21,22)14-7-3-1-5-12(14)11-9-16-18(17(10-11)24(25)26)13-6-2-4-8-15(13)23-16/h1-10,23H. The first-order valence-electron chi connectivity index (χ1n) is 7.72. The summed E-state index contributed by atoms with van der Waals surface area (Å²) in [6, 6.07) is 14.8. The lowest BCUT2D eigenvalue weighted by Gasteiger charge is -2.13. The van der Waals surface area contributed by atoms with Crippen molar-refractivity contribution in [1.29, 1.82) is 0 Å². The molecule has 0 bridgehead atoms. The maximum atomic E-state index is 13.3. The molecule has 0 aliphatic rings. The molecule has 3 aromatic carbocycles. The number of nitrogens with zero attached hydrogens (tertiary/aromatic N) is 1. The highest BCUT2D eigenvalue weighted by molar-refractivity contribution is 6.13. The Morgan fingerprint density at radius 1 is 0.923 bits per heavy atom. The molecule has 130 valence electrons. The summed E-state index contributed by atoms with van der Waals surface area (Å²) in [5.41, 5.74) is 0.100. The lowest BCUT2D eigenvalue weighted by Crippen LogP contribution is -2.07. The Kier molecular flexibility index (Phi) is 3.47. The molecule has 1 N–H and O–H groups in total. The van der Waals surface area contributed by atoms with E-state index in [0.717, 1.165) is 6.07 Å². The maximum absolute atomic E-state index is 13.3. The Morgan fingerprint density at radius 3 is 2.35 bits per heavy atom. The van der Waals surface area contributed by atoms with Crippen molar-refractivity contribution in [2.24, 2.45) is 0 Å². The summed E-state index contributed by atoms with van der Waals surface area (Å²) in [6.45, 7) is 0. The number of fused-ring (bicyclic) bond motifs is 3. The fourth-order valence-corrected chi connectivity index (χ4v) is 3.25. The van der Waals surface area contributed by atoms with Crippen LogP contribution >= 0.6 is 0 Å². The Morgan fingerprint density at radius 2 is 1.62 bits per heavy atom. The molecule has 0 atom stereocenters. The van der Waals surface area contributed by atoms with E-state index >= 15 is 0 Å². The second-order valence-corrected chi connectivity index (χ2v) is 5.89. The van der Waals surface area contributed by atoms with Crippen molar-refractivity contribution in [2.45, 2.75) is 6.18 Å². The number of rotatable bonds is 2. The van der Waals surface area contributed by atoms with Crippen LogP contribution in [0.4, 0.5) is 18.9 Å². The molecule has 4 rings (SSSR count). The van der Waals surface area contributed by atoms with E-state index in [9.17, 15) is 23.3 Å². The number of hydrogen-bond acceptors (Lipinski definition) is 2. The minimum atomic E-state index is -4.55. The van der Waals surface area contributed by atoms with Crippen LogP contribution in [0.5, 0.6) is 0 Å². The highest BCUT2D eigenvalue weighted by Gasteiger charge is 2.34. The summed E-state index contributed by atoms with van der Waals surface area (Å²) >= 11 is 0. The Balaban J connectivity index is 2.08. The topological polar surface area (TPSA) is 58.9 Å². The van der Waals surface area contributed by atoms with Gasteiger partial charge in [-0.05, 0) is 29.3 Å². The van der Waals surface area contributed by atoms with Crippen molar-refractivity contribution in [3.63, 3.8) is 0 Å². The molecule has 7 heteroatoms. The monoisotopic (exact) mass is 356 g/mol. The molecule has 1 aromatic heterocycles. The zero-order chi connectivity index (χ0) is 18.5. The molecule has 0 saturated carbocycles. The molecular weight excluding hydrogens is 345 g/mol. The minimum absolute atomic E-state index is 0.0938. The summed E-state index contributed by atoms with van der Waals surface area (Å²) < 4.78 is 40.0. The first-order chi connectivity index (χ1) is 12.4. The van der Waals surface area contributed by atoms with Crippen LogP contribution in [0.15, 0.2) is 60.7 Å². The van der Waals surface area contributed by atoms with E-state index < -0.39 is 16.7 Å². The number of nitrogens with one attached hydrogen (secondary N) is 1. The molecule has 0 saturated heterocycles. The molecule has 4 aromatic rings. The zero-order valence-electron chi connectivity index (χ0n) is 13.2. The van der Waals surface area contributed by atoms with Gasteiger partial charge in [-0.25, -0.2) is 0 Å². The summed E-state index contributed by atoms with van der Waals surface area (Å²) in [6.07, 6.45) is -4.55. The van der Waals surface area contributed by atoms with Crippen molar-refractivity contribution in [2.75, 3.05) is 0 Å². The predicted molar refractivity (Wildman–Crippen MR) is 92.9 cm³/mol. The van der Waals surface area contributed by atoms with Crippen LogP contribution in [0.3, 0.4) is 0 Å². The van der Waals surface area contributed by atoms with Crippen molar-refractivity contribution in [1.82, 2.24) is 4.98 Å². The molecule has 0 unspecified atom stereocenters. The van der Waals surface area contributed by atoms with Gasteiger partial charge in [0.15, 0.2) is 0 Å². The number of H-pyrrole nitrogens is 1. The summed E-state index contributed by atoms with van der Waals surface area (Å²) in [7, 11) is 0. The maximum Gasteiger partial charge on any atom is 0.417 e. The summed E-state index contributed by atoms with van der Waals surface area (Å²) in [5, 5.41) is 12.6. The fourth-order valence-electron chi connectivity index (χ4n) is 3.25. The molecule has 1 heterocycles. The lowest BCUT2D eigenvalue weighted by atomic mass is 9.97. The largest absolute Gasteiger partial charge is 0.417 e. The molecule has 0 amide bonds. The van der Waals surface area contributed by atoms with Crippen molar-refractivity contribution < 1.29 is 18.1 Å². The van der Waals surface area contributed by atoms with E-state index in [0.29, 0.717) is 21.8 Å². The van der Waals surface area contributed by atoms with E-state index in [1.54, 1.807) is 24.3 Å². The van der Waals surface area contributed by atoms with E-state index in [1.165, 1.54) is 30.3 Å².